The monoisotopic (exact) mass is 341 g/mol. The van der Waals surface area contributed by atoms with Crippen LogP contribution in [0.25, 0.3) is 0 Å². The summed E-state index contributed by atoms with van der Waals surface area (Å²) in [5.41, 5.74) is 0.856. The summed E-state index contributed by atoms with van der Waals surface area (Å²) in [7, 11) is 3.59. The molecule has 132 valence electrons. The molecule has 9 heteroatoms. The van der Waals surface area contributed by atoms with E-state index < -0.39 is 23.9 Å². The van der Waals surface area contributed by atoms with Crippen LogP contribution < -0.4 is 0 Å². The number of carbonyl (C=O) groups excluding carboxylic acids is 4. The highest BCUT2D eigenvalue weighted by atomic mass is 16.5. The van der Waals surface area contributed by atoms with E-state index in [0.717, 1.165) is 0 Å². The van der Waals surface area contributed by atoms with E-state index in [1.165, 1.54) is 28.3 Å². The molecular weight excluding hydrogens is 322 g/mol. The quantitative estimate of drug-likeness (QED) is 0.555. The summed E-state index contributed by atoms with van der Waals surface area (Å²) >= 11 is 0. The van der Waals surface area contributed by atoms with Crippen LogP contribution in [0.3, 0.4) is 0 Å². The van der Waals surface area contributed by atoms with Crippen molar-refractivity contribution in [3.8, 4) is 0 Å². The molecule has 1 aromatic heterocycles. The zero-order valence-electron chi connectivity index (χ0n) is 13.9. The van der Waals surface area contributed by atoms with Gasteiger partial charge in [-0.25, -0.2) is 4.79 Å². The van der Waals surface area contributed by atoms with Crippen molar-refractivity contribution >= 4 is 23.9 Å². The van der Waals surface area contributed by atoms with E-state index in [9.17, 15) is 19.2 Å². The Labute approximate surface area is 138 Å². The maximum Gasteiger partial charge on any atom is 0.354 e. The molecule has 0 unspecified atom stereocenters. The van der Waals surface area contributed by atoms with Gasteiger partial charge in [-0.05, 0) is 11.1 Å². The minimum atomic E-state index is -0.728. The van der Waals surface area contributed by atoms with E-state index in [-0.39, 0.29) is 30.7 Å². The van der Waals surface area contributed by atoms with Gasteiger partial charge in [0, 0.05) is 6.92 Å². The lowest BCUT2D eigenvalue weighted by Crippen LogP contribution is -2.14. The molecule has 1 N–H and O–H groups in total. The first kappa shape index (κ1) is 19.2. The maximum absolute atomic E-state index is 11.9. The molecule has 0 bridgehead atoms. The summed E-state index contributed by atoms with van der Waals surface area (Å²) in [5.74, 6) is -2.46. The smallest absolute Gasteiger partial charge is 0.354 e. The predicted octanol–water partition coefficient (Wildman–Crippen LogP) is 0.295. The van der Waals surface area contributed by atoms with Crippen LogP contribution in [0.1, 0.15) is 34.2 Å². The topological polar surface area (TPSA) is 121 Å². The predicted molar refractivity (Wildman–Crippen MR) is 79.0 cm³/mol. The number of esters is 4. The average molecular weight is 341 g/mol. The molecule has 24 heavy (non-hydrogen) atoms. The summed E-state index contributed by atoms with van der Waals surface area (Å²) in [6.45, 7) is 1.02. The molecule has 1 aromatic rings. The number of rotatable bonds is 7. The number of nitrogens with one attached hydrogen (secondary N) is 1. The van der Waals surface area contributed by atoms with Gasteiger partial charge in [0.05, 0.1) is 39.9 Å². The molecule has 0 aliphatic heterocycles. The van der Waals surface area contributed by atoms with Crippen LogP contribution in [-0.4, -0.2) is 50.2 Å². The van der Waals surface area contributed by atoms with E-state index >= 15 is 0 Å². The molecule has 0 radical (unpaired) electrons. The molecule has 0 amide bonds. The van der Waals surface area contributed by atoms with E-state index in [1.807, 2.05) is 0 Å². The molecule has 0 atom stereocenters. The van der Waals surface area contributed by atoms with Crippen molar-refractivity contribution in [1.29, 1.82) is 0 Å². The molecule has 0 aromatic carbocycles. The molecule has 1 rings (SSSR count). The first-order chi connectivity index (χ1) is 11.3. The molecule has 0 aliphatic rings. The second kappa shape index (κ2) is 8.70. The number of hydrogen-bond acceptors (Lipinski definition) is 8. The van der Waals surface area contributed by atoms with Gasteiger partial charge in [-0.1, -0.05) is 0 Å². The second-order valence-electron chi connectivity index (χ2n) is 4.71. The number of ether oxygens (including phenoxy) is 4. The summed E-state index contributed by atoms with van der Waals surface area (Å²) in [6, 6.07) is 0. The van der Waals surface area contributed by atoms with Gasteiger partial charge in [0.2, 0.25) is 0 Å². The molecule has 0 aliphatic carbocycles. The first-order valence-electron chi connectivity index (χ1n) is 6.91. The molecule has 0 saturated heterocycles. The Morgan fingerprint density at radius 1 is 0.875 bits per heavy atom. The summed E-state index contributed by atoms with van der Waals surface area (Å²) in [4.78, 5) is 49.0. The molecule has 0 fully saturated rings. The Balaban J connectivity index is 3.38. The van der Waals surface area contributed by atoms with Crippen LogP contribution in [-0.2, 0) is 52.8 Å². The highest BCUT2D eigenvalue weighted by molar-refractivity contribution is 5.92. The Bertz CT molecular complexity index is 646. The normalized spacial score (nSPS) is 10.0. The van der Waals surface area contributed by atoms with Gasteiger partial charge < -0.3 is 23.9 Å². The highest BCUT2D eigenvalue weighted by Gasteiger charge is 2.26. The third-order valence-corrected chi connectivity index (χ3v) is 3.21. The van der Waals surface area contributed by atoms with Crippen molar-refractivity contribution in [1.82, 2.24) is 4.98 Å². The largest absolute Gasteiger partial charge is 0.469 e. The van der Waals surface area contributed by atoms with Gasteiger partial charge in [-0.15, -0.1) is 0 Å². The fraction of sp³-hybridized carbons (Fsp3) is 0.467. The SMILES string of the molecule is COC(=O)Cc1c(COC(C)=O)[nH]c(C(=O)OC)c1CC(=O)OC. The van der Waals surface area contributed by atoms with Crippen LogP contribution in [0.4, 0.5) is 0 Å². The van der Waals surface area contributed by atoms with Crippen molar-refractivity contribution in [2.45, 2.75) is 26.4 Å². The fourth-order valence-corrected chi connectivity index (χ4v) is 2.05. The van der Waals surface area contributed by atoms with Crippen molar-refractivity contribution < 1.29 is 38.1 Å². The van der Waals surface area contributed by atoms with E-state index in [4.69, 9.17) is 4.74 Å². The molecule has 9 nitrogen and oxygen atoms in total. The molecule has 1 heterocycles. The number of methoxy groups -OCH3 is 3. The maximum atomic E-state index is 11.9. The Hall–Kier alpha value is -2.84. The number of aromatic nitrogens is 1. The molecular formula is C15H19NO8. The van der Waals surface area contributed by atoms with Crippen LogP contribution in [0.5, 0.6) is 0 Å². The number of H-pyrrole nitrogens is 1. The van der Waals surface area contributed by atoms with Crippen LogP contribution in [0, 0.1) is 0 Å². The molecule has 0 saturated carbocycles. The average Bonchev–Trinajstić information content (AvgIpc) is 2.89. The lowest BCUT2D eigenvalue weighted by molar-refractivity contribution is -0.142. The zero-order valence-corrected chi connectivity index (χ0v) is 13.9. The van der Waals surface area contributed by atoms with Crippen LogP contribution >= 0.6 is 0 Å². The third kappa shape index (κ3) is 4.83. The van der Waals surface area contributed by atoms with Crippen molar-refractivity contribution in [3.63, 3.8) is 0 Å². The van der Waals surface area contributed by atoms with E-state index in [2.05, 4.69) is 19.2 Å². The Morgan fingerprint density at radius 3 is 1.88 bits per heavy atom. The summed E-state index contributed by atoms with van der Waals surface area (Å²) in [6.07, 6.45) is -0.475. The minimum absolute atomic E-state index is 0.0102. The van der Waals surface area contributed by atoms with E-state index in [0.29, 0.717) is 11.3 Å². The third-order valence-electron chi connectivity index (χ3n) is 3.21. The lowest BCUT2D eigenvalue weighted by Gasteiger charge is -2.07. The van der Waals surface area contributed by atoms with Crippen molar-refractivity contribution in [3.05, 3.63) is 22.5 Å². The fourth-order valence-electron chi connectivity index (χ4n) is 2.05. The Kier molecular flexibility index (Phi) is 6.97. The first-order valence-corrected chi connectivity index (χ1v) is 6.91. The van der Waals surface area contributed by atoms with Gasteiger partial charge in [0.15, 0.2) is 0 Å². The highest BCUT2D eigenvalue weighted by Crippen LogP contribution is 2.23. The number of hydrogen-bond donors (Lipinski definition) is 1. The van der Waals surface area contributed by atoms with Gasteiger partial charge in [0.25, 0.3) is 0 Å². The van der Waals surface area contributed by atoms with Gasteiger partial charge in [0.1, 0.15) is 12.3 Å². The van der Waals surface area contributed by atoms with E-state index in [1.54, 1.807) is 0 Å². The van der Waals surface area contributed by atoms with Crippen molar-refractivity contribution in [2.75, 3.05) is 21.3 Å². The van der Waals surface area contributed by atoms with Gasteiger partial charge >= 0.3 is 23.9 Å². The standard InChI is InChI=1S/C15H19NO8/c1-8(17)24-7-11-9(5-12(18)21-2)10(6-13(19)22-3)14(16-11)15(20)23-4/h16H,5-7H2,1-4H3. The van der Waals surface area contributed by atoms with Crippen LogP contribution in [0.2, 0.25) is 0 Å². The lowest BCUT2D eigenvalue weighted by atomic mass is 10.0. The summed E-state index contributed by atoms with van der Waals surface area (Å²) in [5, 5.41) is 0. The number of aromatic amines is 1. The Morgan fingerprint density at radius 2 is 1.42 bits per heavy atom. The zero-order chi connectivity index (χ0) is 18.3. The van der Waals surface area contributed by atoms with Crippen molar-refractivity contribution in [2.24, 2.45) is 0 Å². The number of carbonyl (C=O) groups is 4. The van der Waals surface area contributed by atoms with Crippen LogP contribution in [0.15, 0.2) is 0 Å². The minimum Gasteiger partial charge on any atom is -0.469 e. The second-order valence-corrected chi connectivity index (χ2v) is 4.71. The molecule has 0 spiro atoms. The van der Waals surface area contributed by atoms with Gasteiger partial charge in [-0.2, -0.15) is 0 Å². The summed E-state index contributed by atoms with van der Waals surface area (Å²) < 4.78 is 18.8. The van der Waals surface area contributed by atoms with Gasteiger partial charge in [-0.3, -0.25) is 14.4 Å².